The lowest BCUT2D eigenvalue weighted by Crippen LogP contribution is -2.22. The number of carbonyl (C=O) groups excluding carboxylic acids is 2. The Morgan fingerprint density at radius 3 is 2.85 bits per heavy atom. The van der Waals surface area contributed by atoms with Gasteiger partial charge in [-0.25, -0.2) is 0 Å². The third-order valence-electron chi connectivity index (χ3n) is 3.32. The van der Waals surface area contributed by atoms with Gasteiger partial charge in [-0.3, -0.25) is 9.59 Å². The Kier molecular flexibility index (Phi) is 4.93. The molecule has 1 aromatic rings. The van der Waals surface area contributed by atoms with Crippen LogP contribution in [-0.4, -0.2) is 18.5 Å². The molecule has 0 aromatic heterocycles. The lowest BCUT2D eigenvalue weighted by Gasteiger charge is -2.10. The Balaban J connectivity index is 1.73. The van der Waals surface area contributed by atoms with Crippen molar-refractivity contribution in [2.45, 2.75) is 26.2 Å². The molecular formula is C16H19NO3. The van der Waals surface area contributed by atoms with Crippen molar-refractivity contribution in [1.29, 1.82) is 0 Å². The third kappa shape index (κ3) is 4.23. The Labute approximate surface area is 118 Å². The van der Waals surface area contributed by atoms with E-state index in [1.807, 2.05) is 37.3 Å². The molecule has 4 nitrogen and oxygen atoms in total. The number of nitrogens with one attached hydrogen (secondary N) is 1. The number of ether oxygens (including phenoxy) is 1. The second-order valence-corrected chi connectivity index (χ2v) is 4.99. The molecular weight excluding hydrogens is 254 g/mol. The minimum Gasteiger partial charge on any atom is -0.456 e. The average molecular weight is 273 g/mol. The fourth-order valence-corrected chi connectivity index (χ4v) is 2.18. The second kappa shape index (κ2) is 6.89. The molecule has 0 bridgehead atoms. The lowest BCUT2D eigenvalue weighted by molar-refractivity contribution is -0.147. The van der Waals surface area contributed by atoms with Gasteiger partial charge in [-0.15, -0.1) is 0 Å². The van der Waals surface area contributed by atoms with Crippen LogP contribution in [0.4, 0.5) is 5.69 Å². The summed E-state index contributed by atoms with van der Waals surface area (Å²) in [5.74, 6) is -0.363. The zero-order chi connectivity index (χ0) is 14.4. The van der Waals surface area contributed by atoms with Crippen LogP contribution in [0.5, 0.6) is 0 Å². The Bertz CT molecular complexity index is 522. The van der Waals surface area contributed by atoms with Crippen molar-refractivity contribution in [2.24, 2.45) is 5.92 Å². The molecule has 1 aliphatic carbocycles. The molecule has 1 N–H and O–H groups in total. The molecule has 0 radical (unpaired) electrons. The zero-order valence-corrected chi connectivity index (χ0v) is 11.6. The Morgan fingerprint density at radius 1 is 1.35 bits per heavy atom. The number of carbonyl (C=O) groups is 2. The van der Waals surface area contributed by atoms with Gasteiger partial charge < -0.3 is 10.1 Å². The smallest absolute Gasteiger partial charge is 0.306 e. The van der Waals surface area contributed by atoms with E-state index < -0.39 is 0 Å². The second-order valence-electron chi connectivity index (χ2n) is 4.99. The number of para-hydroxylation sites is 1. The molecule has 0 saturated heterocycles. The summed E-state index contributed by atoms with van der Waals surface area (Å²) in [5, 5.41) is 2.73. The molecule has 20 heavy (non-hydrogen) atoms. The summed E-state index contributed by atoms with van der Waals surface area (Å²) in [6, 6.07) is 7.48. The van der Waals surface area contributed by atoms with Crippen LogP contribution in [0, 0.1) is 12.8 Å². The van der Waals surface area contributed by atoms with Gasteiger partial charge in [0.05, 0.1) is 6.42 Å². The molecule has 0 fully saturated rings. The molecule has 1 aromatic carbocycles. The first-order valence-electron chi connectivity index (χ1n) is 6.83. The standard InChI is InChI=1S/C16H19NO3/c1-12-6-2-5-9-14(12)17-15(18)11-20-16(19)10-13-7-3-4-8-13/h2-3,5-7,9,13H,4,8,10-11H2,1H3,(H,17,18)/t13-/m0/s1. The van der Waals surface area contributed by atoms with Crippen LogP contribution >= 0.6 is 0 Å². The summed E-state index contributed by atoms with van der Waals surface area (Å²) < 4.78 is 4.99. The molecule has 0 heterocycles. The summed E-state index contributed by atoms with van der Waals surface area (Å²) >= 11 is 0. The number of aryl methyl sites for hydroxylation is 1. The van der Waals surface area contributed by atoms with Gasteiger partial charge in [-0.1, -0.05) is 30.4 Å². The number of hydrogen-bond acceptors (Lipinski definition) is 3. The van der Waals surface area contributed by atoms with Crippen molar-refractivity contribution in [3.05, 3.63) is 42.0 Å². The van der Waals surface area contributed by atoms with Crippen molar-refractivity contribution >= 4 is 17.6 Å². The van der Waals surface area contributed by atoms with Crippen molar-refractivity contribution < 1.29 is 14.3 Å². The highest BCUT2D eigenvalue weighted by atomic mass is 16.5. The summed E-state index contributed by atoms with van der Waals surface area (Å²) in [6.45, 7) is 1.68. The van der Waals surface area contributed by atoms with E-state index in [4.69, 9.17) is 4.74 Å². The van der Waals surface area contributed by atoms with E-state index in [0.29, 0.717) is 6.42 Å². The number of esters is 1. The SMILES string of the molecule is Cc1ccccc1NC(=O)COC(=O)C[C@H]1C=CCC1. The third-order valence-corrected chi connectivity index (χ3v) is 3.32. The number of hydrogen-bond donors (Lipinski definition) is 1. The first kappa shape index (κ1) is 14.3. The number of rotatable bonds is 5. The van der Waals surface area contributed by atoms with Gasteiger partial charge in [0.2, 0.25) is 0 Å². The quantitative estimate of drug-likeness (QED) is 0.663. The molecule has 1 aliphatic rings. The number of benzene rings is 1. The van der Waals surface area contributed by atoms with Gasteiger partial charge >= 0.3 is 5.97 Å². The Morgan fingerprint density at radius 2 is 2.15 bits per heavy atom. The number of amides is 1. The molecule has 0 spiro atoms. The van der Waals surface area contributed by atoms with E-state index in [1.54, 1.807) is 0 Å². The van der Waals surface area contributed by atoms with Gasteiger partial charge in [0.15, 0.2) is 6.61 Å². The monoisotopic (exact) mass is 273 g/mol. The van der Waals surface area contributed by atoms with Crippen LogP contribution in [-0.2, 0) is 14.3 Å². The first-order valence-corrected chi connectivity index (χ1v) is 6.83. The van der Waals surface area contributed by atoms with E-state index in [1.165, 1.54) is 0 Å². The summed E-state index contributed by atoms with van der Waals surface area (Å²) in [7, 11) is 0. The van der Waals surface area contributed by atoms with Crippen LogP contribution in [0.2, 0.25) is 0 Å². The van der Waals surface area contributed by atoms with Gasteiger partial charge in [-0.05, 0) is 37.3 Å². The molecule has 1 amide bonds. The first-order chi connectivity index (χ1) is 9.65. The summed E-state index contributed by atoms with van der Waals surface area (Å²) in [6.07, 6.45) is 6.47. The van der Waals surface area contributed by atoms with Crippen LogP contribution in [0.25, 0.3) is 0 Å². The topological polar surface area (TPSA) is 55.4 Å². The van der Waals surface area contributed by atoms with Crippen molar-refractivity contribution in [1.82, 2.24) is 0 Å². The fraction of sp³-hybridized carbons (Fsp3) is 0.375. The molecule has 0 unspecified atom stereocenters. The van der Waals surface area contributed by atoms with E-state index in [9.17, 15) is 9.59 Å². The molecule has 1 atom stereocenters. The average Bonchev–Trinajstić information content (AvgIpc) is 2.92. The van der Waals surface area contributed by atoms with Gasteiger partial charge in [-0.2, -0.15) is 0 Å². The predicted molar refractivity (Wildman–Crippen MR) is 77.2 cm³/mol. The largest absolute Gasteiger partial charge is 0.456 e. The van der Waals surface area contributed by atoms with Crippen molar-refractivity contribution in [3.63, 3.8) is 0 Å². The minimum absolute atomic E-state index is 0.233. The van der Waals surface area contributed by atoms with Gasteiger partial charge in [0, 0.05) is 5.69 Å². The molecule has 0 aliphatic heterocycles. The van der Waals surface area contributed by atoms with Gasteiger partial charge in [0.1, 0.15) is 0 Å². The normalized spacial score (nSPS) is 16.9. The van der Waals surface area contributed by atoms with Crippen molar-refractivity contribution in [3.8, 4) is 0 Å². The minimum atomic E-state index is -0.318. The summed E-state index contributed by atoms with van der Waals surface area (Å²) in [4.78, 5) is 23.3. The number of anilines is 1. The molecule has 4 heteroatoms. The van der Waals surface area contributed by atoms with Crippen LogP contribution in [0.3, 0.4) is 0 Å². The highest BCUT2D eigenvalue weighted by Gasteiger charge is 2.16. The highest BCUT2D eigenvalue weighted by Crippen LogP contribution is 2.20. The van der Waals surface area contributed by atoms with E-state index in [-0.39, 0.29) is 24.4 Å². The van der Waals surface area contributed by atoms with E-state index in [2.05, 4.69) is 11.4 Å². The maximum absolute atomic E-state index is 11.7. The molecule has 0 saturated carbocycles. The molecule has 106 valence electrons. The van der Waals surface area contributed by atoms with Crippen LogP contribution in [0.15, 0.2) is 36.4 Å². The Hall–Kier alpha value is -2.10. The predicted octanol–water partition coefficient (Wildman–Crippen LogP) is 2.83. The lowest BCUT2D eigenvalue weighted by atomic mass is 10.1. The number of allylic oxidation sites excluding steroid dienone is 2. The van der Waals surface area contributed by atoms with Gasteiger partial charge in [0.25, 0.3) is 5.91 Å². The van der Waals surface area contributed by atoms with E-state index >= 15 is 0 Å². The van der Waals surface area contributed by atoms with Crippen LogP contribution in [0.1, 0.15) is 24.8 Å². The van der Waals surface area contributed by atoms with Crippen molar-refractivity contribution in [2.75, 3.05) is 11.9 Å². The zero-order valence-electron chi connectivity index (χ0n) is 11.6. The summed E-state index contributed by atoms with van der Waals surface area (Å²) in [5.41, 5.74) is 1.72. The maximum Gasteiger partial charge on any atom is 0.306 e. The maximum atomic E-state index is 11.7. The fourth-order valence-electron chi connectivity index (χ4n) is 2.18. The highest BCUT2D eigenvalue weighted by molar-refractivity contribution is 5.93. The van der Waals surface area contributed by atoms with Crippen LogP contribution < -0.4 is 5.32 Å². The molecule has 2 rings (SSSR count). The van der Waals surface area contributed by atoms with E-state index in [0.717, 1.165) is 24.1 Å².